The summed E-state index contributed by atoms with van der Waals surface area (Å²) in [7, 11) is 0. The highest BCUT2D eigenvalue weighted by atomic mass is 19.2. The molecule has 0 heterocycles. The first-order valence-electron chi connectivity index (χ1n) is 11.1. The number of aryl methyl sites for hydroxylation is 1. The zero-order valence-electron chi connectivity index (χ0n) is 16.5. The Hall–Kier alpha value is -0.920. The van der Waals surface area contributed by atoms with E-state index in [4.69, 9.17) is 0 Å². The van der Waals surface area contributed by atoms with Crippen LogP contribution in [0, 0.1) is 35.3 Å². The minimum Gasteiger partial charge on any atom is -0.204 e. The number of hydrogen-bond donors (Lipinski definition) is 0. The smallest absolute Gasteiger partial charge is 0.159 e. The van der Waals surface area contributed by atoms with Crippen LogP contribution in [0.1, 0.15) is 89.5 Å². The Kier molecular flexibility index (Phi) is 7.52. The molecule has 146 valence electrons. The van der Waals surface area contributed by atoms with E-state index in [0.29, 0.717) is 0 Å². The van der Waals surface area contributed by atoms with Crippen molar-refractivity contribution in [2.75, 3.05) is 0 Å². The van der Waals surface area contributed by atoms with Crippen LogP contribution in [0.5, 0.6) is 0 Å². The maximum atomic E-state index is 13.3. The number of unbranched alkanes of at least 4 members (excludes halogenated alkanes) is 1. The van der Waals surface area contributed by atoms with Gasteiger partial charge in [0.05, 0.1) is 0 Å². The highest BCUT2D eigenvalue weighted by Crippen LogP contribution is 2.43. The van der Waals surface area contributed by atoms with Gasteiger partial charge < -0.3 is 0 Å². The van der Waals surface area contributed by atoms with Crippen molar-refractivity contribution in [1.82, 2.24) is 0 Å². The summed E-state index contributed by atoms with van der Waals surface area (Å²) >= 11 is 0. The van der Waals surface area contributed by atoms with Crippen molar-refractivity contribution in [1.29, 1.82) is 0 Å². The largest absolute Gasteiger partial charge is 0.204 e. The third kappa shape index (κ3) is 5.54. The fraction of sp³-hybridized carbons (Fsp3) is 0.750. The van der Waals surface area contributed by atoms with Gasteiger partial charge in [-0.1, -0.05) is 57.9 Å². The van der Waals surface area contributed by atoms with Crippen LogP contribution in [0.15, 0.2) is 18.2 Å². The number of benzene rings is 1. The summed E-state index contributed by atoms with van der Waals surface area (Å²) in [6.07, 6.45) is 17.6. The van der Waals surface area contributed by atoms with Crippen LogP contribution in [0.3, 0.4) is 0 Å². The van der Waals surface area contributed by atoms with Crippen molar-refractivity contribution < 1.29 is 8.78 Å². The van der Waals surface area contributed by atoms with E-state index in [9.17, 15) is 8.78 Å². The second kappa shape index (κ2) is 9.85. The molecule has 1 aromatic rings. The van der Waals surface area contributed by atoms with E-state index in [2.05, 4.69) is 6.92 Å². The molecule has 0 bridgehead atoms. The van der Waals surface area contributed by atoms with E-state index in [1.54, 1.807) is 6.07 Å². The summed E-state index contributed by atoms with van der Waals surface area (Å²) < 4.78 is 26.3. The Labute approximate surface area is 158 Å². The monoisotopic (exact) mass is 362 g/mol. The first kappa shape index (κ1) is 19.8. The maximum Gasteiger partial charge on any atom is 0.159 e. The molecule has 3 rings (SSSR count). The molecule has 1 aromatic carbocycles. The van der Waals surface area contributed by atoms with Gasteiger partial charge in [-0.25, -0.2) is 8.78 Å². The van der Waals surface area contributed by atoms with Gasteiger partial charge in [-0.05, 0) is 79.9 Å². The zero-order valence-corrected chi connectivity index (χ0v) is 16.5. The second-order valence-corrected chi connectivity index (χ2v) is 8.99. The highest BCUT2D eigenvalue weighted by molar-refractivity contribution is 5.17. The molecule has 0 aliphatic heterocycles. The van der Waals surface area contributed by atoms with E-state index in [0.717, 1.165) is 42.1 Å². The van der Waals surface area contributed by atoms with E-state index >= 15 is 0 Å². The lowest BCUT2D eigenvalue weighted by atomic mass is 9.68. The van der Waals surface area contributed by atoms with Crippen molar-refractivity contribution >= 4 is 0 Å². The number of halogens is 2. The summed E-state index contributed by atoms with van der Waals surface area (Å²) in [5.74, 6) is 2.29. The fourth-order valence-corrected chi connectivity index (χ4v) is 5.46. The normalized spacial score (nSPS) is 29.7. The summed E-state index contributed by atoms with van der Waals surface area (Å²) in [5.41, 5.74) is 0.941. The van der Waals surface area contributed by atoms with E-state index in [1.165, 1.54) is 82.8 Å². The summed E-state index contributed by atoms with van der Waals surface area (Å²) in [6, 6.07) is 4.37. The molecule has 2 aliphatic carbocycles. The molecular formula is C24H36F2. The molecule has 0 radical (unpaired) electrons. The van der Waals surface area contributed by atoms with Gasteiger partial charge in [0.2, 0.25) is 0 Å². The molecular weight excluding hydrogens is 326 g/mol. The van der Waals surface area contributed by atoms with Gasteiger partial charge >= 0.3 is 0 Å². The molecule has 2 saturated carbocycles. The quantitative estimate of drug-likeness (QED) is 0.466. The molecule has 0 atom stereocenters. The van der Waals surface area contributed by atoms with Crippen LogP contribution in [-0.2, 0) is 6.42 Å². The van der Waals surface area contributed by atoms with Gasteiger partial charge in [0.15, 0.2) is 11.6 Å². The van der Waals surface area contributed by atoms with Gasteiger partial charge in [0.1, 0.15) is 0 Å². The van der Waals surface area contributed by atoms with Crippen molar-refractivity contribution in [3.05, 3.63) is 35.4 Å². The Bertz CT molecular complexity index is 537. The summed E-state index contributed by atoms with van der Waals surface area (Å²) in [4.78, 5) is 0. The van der Waals surface area contributed by atoms with Crippen molar-refractivity contribution in [3.8, 4) is 0 Å². The Balaban J connectivity index is 1.36. The van der Waals surface area contributed by atoms with E-state index in [-0.39, 0.29) is 0 Å². The molecule has 0 unspecified atom stereocenters. The van der Waals surface area contributed by atoms with Crippen LogP contribution < -0.4 is 0 Å². The van der Waals surface area contributed by atoms with Gasteiger partial charge in [0.25, 0.3) is 0 Å². The van der Waals surface area contributed by atoms with Crippen molar-refractivity contribution in [3.63, 3.8) is 0 Å². The molecule has 2 heteroatoms. The Morgan fingerprint density at radius 3 is 1.88 bits per heavy atom. The number of hydrogen-bond acceptors (Lipinski definition) is 0. The van der Waals surface area contributed by atoms with Crippen LogP contribution in [-0.4, -0.2) is 0 Å². The standard InChI is InChI=1S/C24H36F2/c1-2-3-4-18-7-12-21(13-8-18)22-14-9-19(10-15-22)5-6-20-11-16-23(25)24(26)17-20/h11,16-19,21-22H,2-10,12-15H2,1H3. The molecule has 26 heavy (non-hydrogen) atoms. The average Bonchev–Trinajstić information content (AvgIpc) is 2.68. The van der Waals surface area contributed by atoms with Gasteiger partial charge in [-0.2, -0.15) is 0 Å². The minimum atomic E-state index is -0.737. The first-order chi connectivity index (χ1) is 12.7. The highest BCUT2D eigenvalue weighted by Gasteiger charge is 2.30. The third-order valence-electron chi connectivity index (χ3n) is 7.24. The molecule has 2 fully saturated rings. The predicted octanol–water partition coefficient (Wildman–Crippen LogP) is 7.70. The lowest BCUT2D eigenvalue weighted by Gasteiger charge is -2.38. The average molecular weight is 363 g/mol. The SMILES string of the molecule is CCCCC1CCC(C2CCC(CCc3ccc(F)c(F)c3)CC2)CC1. The van der Waals surface area contributed by atoms with Crippen LogP contribution >= 0.6 is 0 Å². The molecule has 0 nitrogen and oxygen atoms in total. The molecule has 0 amide bonds. The summed E-state index contributed by atoms with van der Waals surface area (Å²) in [6.45, 7) is 2.30. The van der Waals surface area contributed by atoms with Crippen LogP contribution in [0.25, 0.3) is 0 Å². The minimum absolute atomic E-state index is 0.708. The van der Waals surface area contributed by atoms with Gasteiger partial charge in [0, 0.05) is 0 Å². The lowest BCUT2D eigenvalue weighted by molar-refractivity contribution is 0.140. The molecule has 0 saturated heterocycles. The van der Waals surface area contributed by atoms with Gasteiger partial charge in [-0.3, -0.25) is 0 Å². The molecule has 0 N–H and O–H groups in total. The van der Waals surface area contributed by atoms with Gasteiger partial charge in [-0.15, -0.1) is 0 Å². The molecule has 2 aliphatic rings. The zero-order chi connectivity index (χ0) is 18.4. The first-order valence-corrected chi connectivity index (χ1v) is 11.1. The van der Waals surface area contributed by atoms with Crippen LogP contribution in [0.2, 0.25) is 0 Å². The molecule has 0 spiro atoms. The summed E-state index contributed by atoms with van der Waals surface area (Å²) in [5, 5.41) is 0. The number of rotatable bonds is 7. The Morgan fingerprint density at radius 1 is 0.769 bits per heavy atom. The maximum absolute atomic E-state index is 13.3. The lowest BCUT2D eigenvalue weighted by Crippen LogP contribution is -2.26. The third-order valence-corrected chi connectivity index (χ3v) is 7.24. The second-order valence-electron chi connectivity index (χ2n) is 8.99. The topological polar surface area (TPSA) is 0 Å². The van der Waals surface area contributed by atoms with Crippen molar-refractivity contribution in [2.45, 2.75) is 90.4 Å². The van der Waals surface area contributed by atoms with Crippen LogP contribution in [0.4, 0.5) is 8.78 Å². The van der Waals surface area contributed by atoms with E-state index < -0.39 is 11.6 Å². The molecule has 0 aromatic heterocycles. The van der Waals surface area contributed by atoms with E-state index in [1.807, 2.05) is 0 Å². The Morgan fingerprint density at radius 2 is 1.35 bits per heavy atom. The van der Waals surface area contributed by atoms with Crippen molar-refractivity contribution in [2.24, 2.45) is 23.7 Å². The fourth-order valence-electron chi connectivity index (χ4n) is 5.46. The predicted molar refractivity (Wildman–Crippen MR) is 105 cm³/mol.